The number of Topliss-reactive ketones (excluding diaryl/α,β-unsaturated/α-hetero) is 1. The summed E-state index contributed by atoms with van der Waals surface area (Å²) in [5.41, 5.74) is 0. The third kappa shape index (κ3) is 2.10. The van der Waals surface area contributed by atoms with E-state index in [1.54, 1.807) is 0 Å². The predicted octanol–water partition coefficient (Wildman–Crippen LogP) is 1.18. The van der Waals surface area contributed by atoms with E-state index in [-0.39, 0.29) is 10.7 Å². The number of hydrogen-bond acceptors (Lipinski definition) is 3. The number of nitrogens with zero attached hydrogens (tertiary/aromatic N) is 1. The fraction of sp³-hybridized carbons (Fsp3) is 0.364. The third-order valence-corrected chi connectivity index (χ3v) is 4.78. The highest BCUT2D eigenvalue weighted by Crippen LogP contribution is 2.27. The molecule has 0 aliphatic carbocycles. The van der Waals surface area contributed by atoms with Crippen LogP contribution in [-0.4, -0.2) is 31.1 Å². The van der Waals surface area contributed by atoms with Gasteiger partial charge in [0.15, 0.2) is 0 Å². The summed E-state index contributed by atoms with van der Waals surface area (Å²) in [6, 6.07) is 4.04. The Kier molecular flexibility index (Phi) is 3.01. The van der Waals surface area contributed by atoms with Gasteiger partial charge in [0, 0.05) is 6.54 Å². The van der Waals surface area contributed by atoms with Crippen LogP contribution in [0.4, 0.5) is 4.39 Å². The zero-order chi connectivity index (χ0) is 12.6. The Labute approximate surface area is 99.1 Å². The summed E-state index contributed by atoms with van der Waals surface area (Å²) < 4.78 is 38.1. The van der Waals surface area contributed by atoms with Crippen molar-refractivity contribution in [2.75, 3.05) is 6.54 Å². The van der Waals surface area contributed by atoms with Crippen molar-refractivity contribution in [3.63, 3.8) is 0 Å². The molecule has 0 bridgehead atoms. The van der Waals surface area contributed by atoms with Crippen LogP contribution in [0.25, 0.3) is 0 Å². The average Bonchev–Trinajstić information content (AvgIpc) is 2.14. The van der Waals surface area contributed by atoms with Crippen LogP contribution in [0, 0.1) is 5.82 Å². The van der Waals surface area contributed by atoms with Crippen LogP contribution in [0.5, 0.6) is 0 Å². The second kappa shape index (κ2) is 4.19. The monoisotopic (exact) mass is 257 g/mol. The van der Waals surface area contributed by atoms with Gasteiger partial charge in [0.05, 0.1) is 10.9 Å². The quantitative estimate of drug-likeness (QED) is 0.817. The molecule has 1 aromatic carbocycles. The Morgan fingerprint density at radius 2 is 1.94 bits per heavy atom. The molecule has 92 valence electrons. The van der Waals surface area contributed by atoms with Crippen LogP contribution in [0.1, 0.15) is 13.3 Å². The standard InChI is InChI=1S/C11H12FNO3S/c1-8(14)11-6-7-13(11)17(15,16)10-4-2-9(12)3-5-10/h2-5,11H,6-7H2,1H3. The molecule has 0 spiro atoms. The van der Waals surface area contributed by atoms with Gasteiger partial charge in [-0.25, -0.2) is 12.8 Å². The van der Waals surface area contributed by atoms with Gasteiger partial charge < -0.3 is 0 Å². The molecule has 1 heterocycles. The van der Waals surface area contributed by atoms with Gasteiger partial charge in [-0.1, -0.05) is 0 Å². The summed E-state index contributed by atoms with van der Waals surface area (Å²) in [6.45, 7) is 1.71. The molecule has 17 heavy (non-hydrogen) atoms. The highest BCUT2D eigenvalue weighted by Gasteiger charge is 2.40. The first-order valence-electron chi connectivity index (χ1n) is 5.21. The minimum Gasteiger partial charge on any atom is -0.298 e. The maximum absolute atomic E-state index is 12.7. The van der Waals surface area contributed by atoms with Crippen molar-refractivity contribution in [2.45, 2.75) is 24.3 Å². The Hall–Kier alpha value is -1.27. The third-order valence-electron chi connectivity index (χ3n) is 2.86. The van der Waals surface area contributed by atoms with Crippen molar-refractivity contribution >= 4 is 15.8 Å². The van der Waals surface area contributed by atoms with E-state index in [1.807, 2.05) is 0 Å². The average molecular weight is 257 g/mol. The van der Waals surface area contributed by atoms with Crippen LogP contribution in [0.15, 0.2) is 29.2 Å². The predicted molar refractivity (Wildman–Crippen MR) is 59.4 cm³/mol. The van der Waals surface area contributed by atoms with E-state index in [1.165, 1.54) is 19.1 Å². The smallest absolute Gasteiger partial charge is 0.243 e. The van der Waals surface area contributed by atoms with Gasteiger partial charge in [-0.3, -0.25) is 4.79 Å². The van der Waals surface area contributed by atoms with E-state index in [9.17, 15) is 17.6 Å². The zero-order valence-electron chi connectivity index (χ0n) is 9.26. The molecule has 0 radical (unpaired) electrons. The molecule has 1 fully saturated rings. The first-order valence-corrected chi connectivity index (χ1v) is 6.65. The van der Waals surface area contributed by atoms with E-state index in [4.69, 9.17) is 0 Å². The van der Waals surface area contributed by atoms with Gasteiger partial charge in [0.25, 0.3) is 0 Å². The van der Waals surface area contributed by atoms with E-state index in [2.05, 4.69) is 0 Å². The summed E-state index contributed by atoms with van der Waals surface area (Å²) in [7, 11) is -3.67. The van der Waals surface area contributed by atoms with Crippen molar-refractivity contribution in [1.82, 2.24) is 4.31 Å². The zero-order valence-corrected chi connectivity index (χ0v) is 10.1. The molecule has 2 rings (SSSR count). The minimum absolute atomic E-state index is 0.0184. The maximum Gasteiger partial charge on any atom is 0.243 e. The first kappa shape index (κ1) is 12.2. The van der Waals surface area contributed by atoms with Crippen LogP contribution >= 0.6 is 0 Å². The normalized spacial score (nSPS) is 20.9. The summed E-state index contributed by atoms with van der Waals surface area (Å²) in [6.07, 6.45) is 0.551. The lowest BCUT2D eigenvalue weighted by Crippen LogP contribution is -2.54. The van der Waals surface area contributed by atoms with Crippen LogP contribution in [0.3, 0.4) is 0 Å². The van der Waals surface area contributed by atoms with Gasteiger partial charge in [-0.15, -0.1) is 0 Å². The number of rotatable bonds is 3. The fourth-order valence-corrected chi connectivity index (χ4v) is 3.48. The van der Waals surface area contributed by atoms with Crippen molar-refractivity contribution in [3.8, 4) is 0 Å². The van der Waals surface area contributed by atoms with Gasteiger partial charge in [0.1, 0.15) is 11.6 Å². The lowest BCUT2D eigenvalue weighted by atomic mass is 10.0. The molecule has 6 heteroatoms. The maximum atomic E-state index is 12.7. The summed E-state index contributed by atoms with van der Waals surface area (Å²) in [5, 5.41) is 0. The topological polar surface area (TPSA) is 54.5 Å². The van der Waals surface area contributed by atoms with Crippen molar-refractivity contribution in [3.05, 3.63) is 30.1 Å². The molecule has 4 nitrogen and oxygen atoms in total. The van der Waals surface area contributed by atoms with Crippen LogP contribution in [-0.2, 0) is 14.8 Å². The number of carbonyl (C=O) groups is 1. The lowest BCUT2D eigenvalue weighted by Gasteiger charge is -2.37. The molecule has 0 N–H and O–H groups in total. The van der Waals surface area contributed by atoms with Crippen molar-refractivity contribution in [2.24, 2.45) is 0 Å². The number of benzene rings is 1. The Balaban J connectivity index is 2.31. The Morgan fingerprint density at radius 1 is 1.35 bits per heavy atom. The Morgan fingerprint density at radius 3 is 2.35 bits per heavy atom. The number of sulfonamides is 1. The second-order valence-electron chi connectivity index (χ2n) is 3.98. The summed E-state index contributed by atoms with van der Waals surface area (Å²) in [5.74, 6) is -0.655. The molecular formula is C11H12FNO3S. The number of carbonyl (C=O) groups excluding carboxylic acids is 1. The molecule has 1 atom stereocenters. The number of ketones is 1. The largest absolute Gasteiger partial charge is 0.298 e. The summed E-state index contributed by atoms with van der Waals surface area (Å²) >= 11 is 0. The molecule has 0 amide bonds. The SMILES string of the molecule is CC(=O)C1CCN1S(=O)(=O)c1ccc(F)cc1. The van der Waals surface area contributed by atoms with Crippen molar-refractivity contribution in [1.29, 1.82) is 0 Å². The molecule has 1 aliphatic heterocycles. The second-order valence-corrected chi connectivity index (χ2v) is 5.88. The van der Waals surface area contributed by atoms with E-state index in [0.29, 0.717) is 13.0 Å². The van der Waals surface area contributed by atoms with Crippen LogP contribution in [0.2, 0.25) is 0 Å². The van der Waals surface area contributed by atoms with Gasteiger partial charge >= 0.3 is 0 Å². The Bertz CT molecular complexity index is 538. The number of hydrogen-bond donors (Lipinski definition) is 0. The van der Waals surface area contributed by atoms with Gasteiger partial charge in [-0.2, -0.15) is 4.31 Å². The van der Waals surface area contributed by atoms with E-state index >= 15 is 0 Å². The molecule has 1 aromatic rings. The molecule has 0 aromatic heterocycles. The van der Waals surface area contributed by atoms with E-state index in [0.717, 1.165) is 16.4 Å². The minimum atomic E-state index is -3.67. The van der Waals surface area contributed by atoms with Crippen molar-refractivity contribution < 1.29 is 17.6 Å². The van der Waals surface area contributed by atoms with Crippen LogP contribution < -0.4 is 0 Å². The van der Waals surface area contributed by atoms with E-state index < -0.39 is 21.9 Å². The molecule has 1 saturated heterocycles. The molecule has 1 unspecified atom stereocenters. The molecular weight excluding hydrogens is 245 g/mol. The fourth-order valence-electron chi connectivity index (χ4n) is 1.80. The highest BCUT2D eigenvalue weighted by molar-refractivity contribution is 7.89. The summed E-state index contributed by atoms with van der Waals surface area (Å²) in [4.78, 5) is 11.2. The van der Waals surface area contributed by atoms with Gasteiger partial charge in [-0.05, 0) is 37.6 Å². The number of halogens is 1. The molecule has 0 saturated carbocycles. The lowest BCUT2D eigenvalue weighted by molar-refractivity contribution is -0.123. The van der Waals surface area contributed by atoms with Gasteiger partial charge in [0.2, 0.25) is 10.0 Å². The highest BCUT2D eigenvalue weighted by atomic mass is 32.2. The molecule has 1 aliphatic rings. The first-order chi connectivity index (χ1) is 7.93.